The highest BCUT2D eigenvalue weighted by Gasteiger charge is 2.27. The second-order valence-corrected chi connectivity index (χ2v) is 5.05. The Balaban J connectivity index is 1.78. The van der Waals surface area contributed by atoms with Crippen molar-refractivity contribution in [3.8, 4) is 0 Å². The van der Waals surface area contributed by atoms with E-state index in [2.05, 4.69) is 27.5 Å². The number of hydrogen-bond donors (Lipinski definition) is 2. The first-order valence-corrected chi connectivity index (χ1v) is 6.50. The highest BCUT2D eigenvalue weighted by atomic mass is 16.2. The topological polar surface area (TPSA) is 64.3 Å². The summed E-state index contributed by atoms with van der Waals surface area (Å²) in [4.78, 5) is 16.6. The second-order valence-electron chi connectivity index (χ2n) is 5.05. The van der Waals surface area contributed by atoms with Crippen molar-refractivity contribution >= 4 is 5.91 Å². The minimum atomic E-state index is 0.0734. The van der Waals surface area contributed by atoms with Gasteiger partial charge in [0.25, 0.3) is 5.91 Å². The normalized spacial score (nSPS) is 20.8. The summed E-state index contributed by atoms with van der Waals surface area (Å²) in [6, 6.07) is 0. The third kappa shape index (κ3) is 2.02. The van der Waals surface area contributed by atoms with Gasteiger partial charge in [-0.3, -0.25) is 9.89 Å². The lowest BCUT2D eigenvalue weighted by atomic mass is 10.1. The zero-order valence-corrected chi connectivity index (χ0v) is 10.7. The number of H-pyrrole nitrogens is 1. The van der Waals surface area contributed by atoms with E-state index < -0.39 is 0 Å². The number of carbonyl (C=O) groups excluding carboxylic acids is 1. The molecule has 0 unspecified atom stereocenters. The van der Waals surface area contributed by atoms with Crippen LogP contribution in [0.3, 0.4) is 0 Å². The van der Waals surface area contributed by atoms with E-state index >= 15 is 0 Å². The largest absolute Gasteiger partial charge is 0.335 e. The molecule has 6 heteroatoms. The number of fused-ring (bicyclic) bond motifs is 1. The van der Waals surface area contributed by atoms with E-state index in [1.165, 1.54) is 0 Å². The molecule has 1 aromatic heterocycles. The van der Waals surface area contributed by atoms with Crippen molar-refractivity contribution in [2.75, 3.05) is 39.8 Å². The number of piperazine rings is 1. The number of nitrogens with zero attached hydrogens (tertiary/aromatic N) is 3. The molecule has 0 spiro atoms. The van der Waals surface area contributed by atoms with Gasteiger partial charge in [0.05, 0.1) is 0 Å². The molecule has 1 fully saturated rings. The van der Waals surface area contributed by atoms with Gasteiger partial charge in [0.1, 0.15) is 0 Å². The van der Waals surface area contributed by atoms with Crippen LogP contribution in [0.2, 0.25) is 0 Å². The molecule has 3 rings (SSSR count). The van der Waals surface area contributed by atoms with E-state index in [1.807, 2.05) is 4.90 Å². The van der Waals surface area contributed by atoms with Crippen molar-refractivity contribution in [3.05, 3.63) is 17.0 Å². The summed E-state index contributed by atoms with van der Waals surface area (Å²) < 4.78 is 0. The molecule has 2 aliphatic heterocycles. The Hall–Kier alpha value is -1.40. The molecule has 1 aromatic rings. The van der Waals surface area contributed by atoms with E-state index in [4.69, 9.17) is 0 Å². The first-order valence-electron chi connectivity index (χ1n) is 6.50. The maximum Gasteiger partial charge on any atom is 0.274 e. The van der Waals surface area contributed by atoms with Crippen LogP contribution in [0.4, 0.5) is 0 Å². The molecular weight excluding hydrogens is 230 g/mol. The number of aromatic amines is 1. The Labute approximate surface area is 106 Å². The lowest BCUT2D eigenvalue weighted by Gasteiger charge is -2.32. The minimum Gasteiger partial charge on any atom is -0.335 e. The Morgan fingerprint density at radius 3 is 2.83 bits per heavy atom. The molecule has 0 bridgehead atoms. The van der Waals surface area contributed by atoms with Gasteiger partial charge in [-0.25, -0.2) is 0 Å². The molecule has 6 nitrogen and oxygen atoms in total. The van der Waals surface area contributed by atoms with Gasteiger partial charge >= 0.3 is 0 Å². The summed E-state index contributed by atoms with van der Waals surface area (Å²) >= 11 is 0. The average Bonchev–Trinajstić information content (AvgIpc) is 2.82. The molecule has 2 N–H and O–H groups in total. The lowest BCUT2D eigenvalue weighted by molar-refractivity contribution is 0.0657. The molecule has 0 saturated carbocycles. The van der Waals surface area contributed by atoms with Gasteiger partial charge in [-0.05, 0) is 7.05 Å². The Kier molecular flexibility index (Phi) is 3.05. The van der Waals surface area contributed by atoms with Crippen LogP contribution in [0, 0.1) is 0 Å². The van der Waals surface area contributed by atoms with E-state index in [9.17, 15) is 4.79 Å². The quantitative estimate of drug-likeness (QED) is 0.700. The monoisotopic (exact) mass is 249 g/mol. The second kappa shape index (κ2) is 4.70. The minimum absolute atomic E-state index is 0.0734. The number of rotatable bonds is 1. The van der Waals surface area contributed by atoms with Crippen LogP contribution in [0.15, 0.2) is 0 Å². The van der Waals surface area contributed by atoms with Gasteiger partial charge in [0.15, 0.2) is 5.69 Å². The zero-order valence-electron chi connectivity index (χ0n) is 10.7. The van der Waals surface area contributed by atoms with E-state index in [0.29, 0.717) is 5.69 Å². The molecule has 18 heavy (non-hydrogen) atoms. The fourth-order valence-corrected chi connectivity index (χ4v) is 2.56. The van der Waals surface area contributed by atoms with Crippen LogP contribution in [0.25, 0.3) is 0 Å². The van der Waals surface area contributed by atoms with E-state index in [1.54, 1.807) is 0 Å². The van der Waals surface area contributed by atoms with Crippen LogP contribution in [-0.2, 0) is 13.0 Å². The summed E-state index contributed by atoms with van der Waals surface area (Å²) in [5.41, 5.74) is 2.79. The zero-order chi connectivity index (χ0) is 12.5. The predicted octanol–water partition coefficient (Wildman–Crippen LogP) is -0.557. The Morgan fingerprint density at radius 1 is 1.28 bits per heavy atom. The fourth-order valence-electron chi connectivity index (χ4n) is 2.56. The van der Waals surface area contributed by atoms with Crippen LogP contribution >= 0.6 is 0 Å². The number of nitrogens with one attached hydrogen (secondary N) is 2. The summed E-state index contributed by atoms with van der Waals surface area (Å²) in [6.07, 6.45) is 0.929. The van der Waals surface area contributed by atoms with Crippen molar-refractivity contribution in [2.45, 2.75) is 13.0 Å². The molecule has 3 heterocycles. The first-order chi connectivity index (χ1) is 8.75. The van der Waals surface area contributed by atoms with Crippen molar-refractivity contribution in [1.29, 1.82) is 0 Å². The first kappa shape index (κ1) is 11.7. The van der Waals surface area contributed by atoms with Crippen molar-refractivity contribution in [2.24, 2.45) is 0 Å². The maximum atomic E-state index is 12.4. The molecule has 0 atom stereocenters. The van der Waals surface area contributed by atoms with Gasteiger partial charge in [-0.1, -0.05) is 0 Å². The van der Waals surface area contributed by atoms with Gasteiger partial charge in [-0.15, -0.1) is 0 Å². The van der Waals surface area contributed by atoms with E-state index in [0.717, 1.165) is 56.9 Å². The van der Waals surface area contributed by atoms with Crippen LogP contribution in [-0.4, -0.2) is 65.7 Å². The van der Waals surface area contributed by atoms with Gasteiger partial charge in [0, 0.05) is 56.9 Å². The smallest absolute Gasteiger partial charge is 0.274 e. The molecule has 0 aromatic carbocycles. The standard InChI is InChI=1S/C12H19N5O/c1-16-4-6-17(7-5-16)12(18)11-9-8-13-3-2-10(9)14-15-11/h13H,2-8H2,1H3,(H,14,15). The van der Waals surface area contributed by atoms with Gasteiger partial charge in [0.2, 0.25) is 0 Å². The summed E-state index contributed by atoms with van der Waals surface area (Å²) in [5, 5.41) is 10.5. The Morgan fingerprint density at radius 2 is 2.06 bits per heavy atom. The number of likely N-dealkylation sites (N-methyl/N-ethyl adjacent to an activating group) is 1. The average molecular weight is 249 g/mol. The third-order valence-electron chi connectivity index (χ3n) is 3.80. The maximum absolute atomic E-state index is 12.4. The number of carbonyl (C=O) groups is 1. The summed E-state index contributed by atoms with van der Waals surface area (Å²) in [5.74, 6) is 0.0734. The summed E-state index contributed by atoms with van der Waals surface area (Å²) in [7, 11) is 2.09. The van der Waals surface area contributed by atoms with Crippen molar-refractivity contribution < 1.29 is 4.79 Å². The van der Waals surface area contributed by atoms with Crippen molar-refractivity contribution in [3.63, 3.8) is 0 Å². The van der Waals surface area contributed by atoms with Crippen LogP contribution in [0.5, 0.6) is 0 Å². The summed E-state index contributed by atoms with van der Waals surface area (Å²) in [6.45, 7) is 5.18. The van der Waals surface area contributed by atoms with Gasteiger partial charge in [-0.2, -0.15) is 5.10 Å². The van der Waals surface area contributed by atoms with E-state index in [-0.39, 0.29) is 5.91 Å². The number of aromatic nitrogens is 2. The van der Waals surface area contributed by atoms with Crippen LogP contribution < -0.4 is 5.32 Å². The SMILES string of the molecule is CN1CCN(C(=O)c2n[nH]c3c2CNCC3)CC1. The van der Waals surface area contributed by atoms with Crippen LogP contribution in [0.1, 0.15) is 21.7 Å². The fraction of sp³-hybridized carbons (Fsp3) is 0.667. The molecule has 2 aliphatic rings. The van der Waals surface area contributed by atoms with Crippen molar-refractivity contribution in [1.82, 2.24) is 25.3 Å². The van der Waals surface area contributed by atoms with Gasteiger partial charge < -0.3 is 15.1 Å². The lowest BCUT2D eigenvalue weighted by Crippen LogP contribution is -2.47. The molecule has 1 amide bonds. The third-order valence-corrected chi connectivity index (χ3v) is 3.80. The Bertz CT molecular complexity index is 447. The molecule has 98 valence electrons. The molecule has 0 radical (unpaired) electrons. The highest BCUT2D eigenvalue weighted by molar-refractivity contribution is 5.94. The molecule has 1 saturated heterocycles. The number of amides is 1. The predicted molar refractivity (Wildman–Crippen MR) is 67.4 cm³/mol. The molecular formula is C12H19N5O. The highest BCUT2D eigenvalue weighted by Crippen LogP contribution is 2.17. The number of hydrogen-bond acceptors (Lipinski definition) is 4. The molecule has 0 aliphatic carbocycles.